The van der Waals surface area contributed by atoms with Crippen LogP contribution < -0.4 is 5.32 Å². The van der Waals surface area contributed by atoms with Gasteiger partial charge in [0.2, 0.25) is 0 Å². The minimum atomic E-state index is -0.304. The number of hydrogen-bond donors (Lipinski definition) is 1. The monoisotopic (exact) mass is 440 g/mol. The van der Waals surface area contributed by atoms with E-state index < -0.39 is 0 Å². The van der Waals surface area contributed by atoms with Crippen molar-refractivity contribution in [3.63, 3.8) is 0 Å². The Morgan fingerprint density at radius 3 is 2.73 bits per heavy atom. The minimum Gasteiger partial charge on any atom is -0.307 e. The van der Waals surface area contributed by atoms with Crippen LogP contribution in [-0.4, -0.2) is 21.1 Å². The highest BCUT2D eigenvalue weighted by Crippen LogP contribution is 2.41. The zero-order valence-electron chi connectivity index (χ0n) is 16.5. The number of benzene rings is 2. The summed E-state index contributed by atoms with van der Waals surface area (Å²) in [5.41, 5.74) is 4.72. The molecular formula is C23H19Cl2FN4. The molecule has 0 spiro atoms. The topological polar surface area (TPSA) is 42.2 Å². The largest absolute Gasteiger partial charge is 0.307 e. The zero-order chi connectivity index (χ0) is 21.0. The van der Waals surface area contributed by atoms with Crippen LogP contribution in [0, 0.1) is 5.82 Å². The first-order chi connectivity index (χ1) is 14.3. The van der Waals surface area contributed by atoms with Gasteiger partial charge in [-0.05, 0) is 66.9 Å². The molecular weight excluding hydrogens is 422 g/mol. The van der Waals surface area contributed by atoms with Crippen molar-refractivity contribution in [2.45, 2.75) is 25.3 Å². The van der Waals surface area contributed by atoms with E-state index in [2.05, 4.69) is 29.2 Å². The molecule has 7 heteroatoms. The number of aromatic nitrogens is 3. The second kappa shape index (κ2) is 7.05. The SMILES string of the molecule is CC1(C)NCC(c2ccc(Cl)c(Cl)c2)c2cc(F)c(-c3ccc4ncnn4c3)cc21. The molecule has 4 aromatic rings. The molecule has 1 aliphatic heterocycles. The summed E-state index contributed by atoms with van der Waals surface area (Å²) in [5, 5.41) is 8.77. The molecule has 1 N–H and O–H groups in total. The van der Waals surface area contributed by atoms with Crippen LogP contribution >= 0.6 is 23.2 Å². The van der Waals surface area contributed by atoms with Crippen molar-refractivity contribution in [1.29, 1.82) is 0 Å². The molecule has 1 atom stereocenters. The first kappa shape index (κ1) is 19.5. The molecule has 0 aliphatic carbocycles. The Labute approximate surface area is 183 Å². The fourth-order valence-electron chi connectivity index (χ4n) is 4.20. The zero-order valence-corrected chi connectivity index (χ0v) is 18.0. The standard InChI is InChI=1S/C23H19Cl2FN4/c1-23(2)18-8-15(14-4-6-22-27-12-29-30(22)11-14)21(26)9-16(18)17(10-28-23)13-3-5-19(24)20(25)7-13/h3-9,11-12,17,28H,10H2,1-2H3. The highest BCUT2D eigenvalue weighted by atomic mass is 35.5. The average Bonchev–Trinajstić information content (AvgIpc) is 3.18. The molecule has 152 valence electrons. The fraction of sp³-hybridized carbons (Fsp3) is 0.217. The van der Waals surface area contributed by atoms with Crippen LogP contribution in [0.1, 0.15) is 36.5 Å². The van der Waals surface area contributed by atoms with E-state index in [9.17, 15) is 0 Å². The van der Waals surface area contributed by atoms with Gasteiger partial charge in [0, 0.05) is 35.3 Å². The summed E-state index contributed by atoms with van der Waals surface area (Å²) >= 11 is 12.3. The molecule has 0 saturated carbocycles. The van der Waals surface area contributed by atoms with Crippen LogP contribution in [-0.2, 0) is 5.54 Å². The first-order valence-electron chi connectivity index (χ1n) is 9.67. The molecule has 3 heterocycles. The van der Waals surface area contributed by atoms with Crippen LogP contribution in [0.25, 0.3) is 16.8 Å². The maximum Gasteiger partial charge on any atom is 0.155 e. The van der Waals surface area contributed by atoms with E-state index in [0.717, 1.165) is 27.9 Å². The molecule has 1 aliphatic rings. The summed E-state index contributed by atoms with van der Waals surface area (Å²) in [4.78, 5) is 4.15. The number of rotatable bonds is 2. The molecule has 2 aromatic carbocycles. The smallest absolute Gasteiger partial charge is 0.155 e. The van der Waals surface area contributed by atoms with Gasteiger partial charge in [-0.1, -0.05) is 29.3 Å². The maximum absolute atomic E-state index is 15.4. The molecule has 1 unspecified atom stereocenters. The van der Waals surface area contributed by atoms with Gasteiger partial charge >= 0.3 is 0 Å². The lowest BCUT2D eigenvalue weighted by Gasteiger charge is -2.39. The summed E-state index contributed by atoms with van der Waals surface area (Å²) in [6.45, 7) is 4.90. The highest BCUT2D eigenvalue weighted by molar-refractivity contribution is 6.42. The molecule has 0 amide bonds. The van der Waals surface area contributed by atoms with Crippen molar-refractivity contribution in [2.24, 2.45) is 0 Å². The molecule has 2 aromatic heterocycles. The Balaban J connectivity index is 1.67. The third-order valence-corrected chi connectivity index (χ3v) is 6.61. The van der Waals surface area contributed by atoms with Gasteiger partial charge in [-0.2, -0.15) is 5.10 Å². The van der Waals surface area contributed by atoms with Gasteiger partial charge in [-0.3, -0.25) is 0 Å². The first-order valence-corrected chi connectivity index (χ1v) is 10.4. The Morgan fingerprint density at radius 1 is 1.10 bits per heavy atom. The van der Waals surface area contributed by atoms with Crippen molar-refractivity contribution in [1.82, 2.24) is 19.9 Å². The number of nitrogens with zero attached hydrogens (tertiary/aromatic N) is 3. The van der Waals surface area contributed by atoms with Gasteiger partial charge in [-0.25, -0.2) is 13.9 Å². The van der Waals surface area contributed by atoms with E-state index in [0.29, 0.717) is 22.2 Å². The van der Waals surface area contributed by atoms with E-state index in [-0.39, 0.29) is 17.3 Å². The van der Waals surface area contributed by atoms with E-state index in [1.165, 1.54) is 6.33 Å². The van der Waals surface area contributed by atoms with Crippen molar-refractivity contribution < 1.29 is 4.39 Å². The summed E-state index contributed by atoms with van der Waals surface area (Å²) in [7, 11) is 0. The number of halogens is 3. The quantitative estimate of drug-likeness (QED) is 0.427. The van der Waals surface area contributed by atoms with Crippen molar-refractivity contribution in [3.05, 3.63) is 87.5 Å². The molecule has 0 bridgehead atoms. The number of hydrogen-bond acceptors (Lipinski definition) is 3. The molecule has 30 heavy (non-hydrogen) atoms. The van der Waals surface area contributed by atoms with E-state index >= 15 is 4.39 Å². The lowest BCUT2D eigenvalue weighted by molar-refractivity contribution is 0.365. The Morgan fingerprint density at radius 2 is 1.93 bits per heavy atom. The molecule has 0 radical (unpaired) electrons. The number of fused-ring (bicyclic) bond motifs is 2. The maximum atomic E-state index is 15.4. The molecule has 4 nitrogen and oxygen atoms in total. The second-order valence-corrected chi connectivity index (χ2v) is 8.95. The summed E-state index contributed by atoms with van der Waals surface area (Å²) in [5.74, 6) is -0.292. The normalized spacial score (nSPS) is 17.8. The van der Waals surface area contributed by atoms with Crippen LogP contribution in [0.15, 0.2) is 55.0 Å². The highest BCUT2D eigenvalue weighted by Gasteiger charge is 2.34. The minimum absolute atomic E-state index is 0.0239. The van der Waals surface area contributed by atoms with Gasteiger partial charge in [-0.15, -0.1) is 0 Å². The summed E-state index contributed by atoms with van der Waals surface area (Å²) in [6, 6.07) is 12.9. The molecule has 0 fully saturated rings. The summed E-state index contributed by atoms with van der Waals surface area (Å²) < 4.78 is 17.0. The average molecular weight is 441 g/mol. The number of nitrogens with one attached hydrogen (secondary N) is 1. The third-order valence-electron chi connectivity index (χ3n) is 5.87. The predicted octanol–water partition coefficient (Wildman–Crippen LogP) is 5.81. The van der Waals surface area contributed by atoms with Crippen LogP contribution in [0.5, 0.6) is 0 Å². The summed E-state index contributed by atoms with van der Waals surface area (Å²) in [6.07, 6.45) is 3.28. The number of pyridine rings is 1. The van der Waals surface area contributed by atoms with Gasteiger partial charge in [0.05, 0.1) is 10.0 Å². The van der Waals surface area contributed by atoms with Crippen LogP contribution in [0.4, 0.5) is 4.39 Å². The molecule has 0 saturated heterocycles. The van der Waals surface area contributed by atoms with Crippen molar-refractivity contribution in [2.75, 3.05) is 6.54 Å². The van der Waals surface area contributed by atoms with Crippen LogP contribution in [0.3, 0.4) is 0 Å². The molecule has 5 rings (SSSR count). The van der Waals surface area contributed by atoms with E-state index in [4.69, 9.17) is 23.2 Å². The van der Waals surface area contributed by atoms with Crippen LogP contribution in [0.2, 0.25) is 10.0 Å². The van der Waals surface area contributed by atoms with Crippen molar-refractivity contribution in [3.8, 4) is 11.1 Å². The van der Waals surface area contributed by atoms with E-state index in [1.807, 2.05) is 30.3 Å². The third kappa shape index (κ3) is 3.18. The van der Waals surface area contributed by atoms with Gasteiger partial charge in [0.25, 0.3) is 0 Å². The Bertz CT molecular complexity index is 1280. The second-order valence-electron chi connectivity index (χ2n) is 8.13. The van der Waals surface area contributed by atoms with Crippen molar-refractivity contribution >= 4 is 28.8 Å². The van der Waals surface area contributed by atoms with E-state index in [1.54, 1.807) is 22.8 Å². The predicted molar refractivity (Wildman–Crippen MR) is 118 cm³/mol. The lowest BCUT2D eigenvalue weighted by Crippen LogP contribution is -2.44. The van der Waals surface area contributed by atoms with Gasteiger partial charge < -0.3 is 5.32 Å². The Kier molecular flexibility index (Phi) is 4.58. The fourth-order valence-corrected chi connectivity index (χ4v) is 4.51. The van der Waals surface area contributed by atoms with Gasteiger partial charge in [0.15, 0.2) is 5.65 Å². The lowest BCUT2D eigenvalue weighted by atomic mass is 9.76. The van der Waals surface area contributed by atoms with Gasteiger partial charge in [0.1, 0.15) is 12.1 Å². The Hall–Kier alpha value is -2.47.